The van der Waals surface area contributed by atoms with Crippen LogP contribution in [0.2, 0.25) is 0 Å². The third kappa shape index (κ3) is 4.09. The van der Waals surface area contributed by atoms with Gasteiger partial charge in [0.1, 0.15) is 0 Å². The number of piperidine rings is 1. The van der Waals surface area contributed by atoms with Crippen LogP contribution in [-0.2, 0) is 4.74 Å². The molecule has 3 aliphatic rings. The maximum Gasteiger partial charge on any atom is 0.276 e. The fourth-order valence-corrected chi connectivity index (χ4v) is 5.10. The Balaban J connectivity index is 1.44. The van der Waals surface area contributed by atoms with Crippen molar-refractivity contribution in [1.29, 1.82) is 0 Å². The third-order valence-corrected chi connectivity index (χ3v) is 6.39. The number of hydrogen-bond donors (Lipinski definition) is 1. The van der Waals surface area contributed by atoms with Gasteiger partial charge < -0.3 is 15.0 Å². The minimum Gasteiger partial charge on any atom is -0.373 e. The minimum absolute atomic E-state index is 0.0505. The van der Waals surface area contributed by atoms with Gasteiger partial charge in [0.15, 0.2) is 5.69 Å². The Morgan fingerprint density at radius 2 is 1.89 bits per heavy atom. The number of amides is 1. The number of hydrogen-bond acceptors (Lipinski definition) is 6. The highest BCUT2D eigenvalue weighted by molar-refractivity contribution is 5.93. The van der Waals surface area contributed by atoms with Crippen LogP contribution in [0.15, 0.2) is 0 Å². The summed E-state index contributed by atoms with van der Waals surface area (Å²) in [6.07, 6.45) is 4.71. The van der Waals surface area contributed by atoms with Crippen LogP contribution in [0.25, 0.3) is 0 Å². The molecule has 1 N–H and O–H groups in total. The van der Waals surface area contributed by atoms with Crippen molar-refractivity contribution in [2.75, 3.05) is 39.3 Å². The van der Waals surface area contributed by atoms with Gasteiger partial charge in [0.2, 0.25) is 0 Å². The predicted octanol–water partition coefficient (Wildman–Crippen LogP) is 1.22. The molecule has 4 heterocycles. The Labute approximate surface area is 167 Å². The van der Waals surface area contributed by atoms with Crippen LogP contribution in [0.5, 0.6) is 0 Å². The van der Waals surface area contributed by atoms with Crippen molar-refractivity contribution < 1.29 is 9.53 Å². The lowest BCUT2D eigenvalue weighted by molar-refractivity contribution is -0.0715. The van der Waals surface area contributed by atoms with Crippen LogP contribution in [0, 0.1) is 6.92 Å². The number of nitrogens with zero attached hydrogens (tertiary/aromatic N) is 5. The zero-order valence-electron chi connectivity index (χ0n) is 17.4. The molecule has 0 aliphatic carbocycles. The first-order chi connectivity index (χ1) is 13.5. The Morgan fingerprint density at radius 1 is 1.18 bits per heavy atom. The standard InChI is InChI=1S/C20H34N6O2/c1-14-11-24(12-15(2)28-14)13-18-5-4-10-25(18)20(27)19-16(3)26(23-22-19)17-6-8-21-9-7-17/h14-15,17-18,21H,4-13H2,1-3H3. The first kappa shape index (κ1) is 19.8. The molecule has 1 aromatic rings. The monoisotopic (exact) mass is 390 g/mol. The van der Waals surface area contributed by atoms with E-state index in [1.165, 1.54) is 0 Å². The van der Waals surface area contributed by atoms with Crippen molar-refractivity contribution in [3.8, 4) is 0 Å². The maximum atomic E-state index is 13.3. The topological polar surface area (TPSA) is 75.5 Å². The van der Waals surface area contributed by atoms with Gasteiger partial charge in [0.25, 0.3) is 5.91 Å². The van der Waals surface area contributed by atoms with Gasteiger partial charge in [-0.25, -0.2) is 4.68 Å². The van der Waals surface area contributed by atoms with Crippen LogP contribution in [0.4, 0.5) is 0 Å². The van der Waals surface area contributed by atoms with Crippen molar-refractivity contribution in [2.45, 2.75) is 70.7 Å². The number of carbonyl (C=O) groups is 1. The summed E-state index contributed by atoms with van der Waals surface area (Å²) in [6, 6.07) is 0.606. The Bertz CT molecular complexity index is 676. The largest absolute Gasteiger partial charge is 0.373 e. The fraction of sp³-hybridized carbons (Fsp3) is 0.850. The zero-order valence-corrected chi connectivity index (χ0v) is 17.4. The molecule has 3 unspecified atom stereocenters. The van der Waals surface area contributed by atoms with Crippen molar-refractivity contribution >= 4 is 5.91 Å². The molecule has 3 atom stereocenters. The summed E-state index contributed by atoms with van der Waals surface area (Å²) in [6.45, 7) is 11.9. The molecule has 8 nitrogen and oxygen atoms in total. The highest BCUT2D eigenvalue weighted by Crippen LogP contribution is 2.25. The molecule has 1 amide bonds. The molecular weight excluding hydrogens is 356 g/mol. The first-order valence-corrected chi connectivity index (χ1v) is 10.8. The molecule has 0 aromatic carbocycles. The second-order valence-electron chi connectivity index (χ2n) is 8.72. The van der Waals surface area contributed by atoms with Gasteiger partial charge in [-0.1, -0.05) is 5.21 Å². The lowest BCUT2D eigenvalue weighted by atomic mass is 10.1. The van der Waals surface area contributed by atoms with E-state index in [4.69, 9.17) is 4.74 Å². The van der Waals surface area contributed by atoms with E-state index >= 15 is 0 Å². The lowest BCUT2D eigenvalue weighted by Gasteiger charge is -2.38. The van der Waals surface area contributed by atoms with E-state index in [9.17, 15) is 4.79 Å². The number of carbonyl (C=O) groups excluding carboxylic acids is 1. The predicted molar refractivity (Wildman–Crippen MR) is 106 cm³/mol. The van der Waals surface area contributed by atoms with Gasteiger partial charge >= 0.3 is 0 Å². The average molecular weight is 391 g/mol. The van der Waals surface area contributed by atoms with Gasteiger partial charge in [-0.05, 0) is 59.5 Å². The molecule has 0 saturated carbocycles. The van der Waals surface area contributed by atoms with Crippen molar-refractivity contribution in [1.82, 2.24) is 30.1 Å². The van der Waals surface area contributed by atoms with E-state index in [2.05, 4.69) is 34.4 Å². The molecule has 3 saturated heterocycles. The SMILES string of the molecule is Cc1c(C(=O)N2CCCC2CN2CC(C)OC(C)C2)nnn1C1CCNCC1. The summed E-state index contributed by atoms with van der Waals surface area (Å²) in [5.41, 5.74) is 1.45. The van der Waals surface area contributed by atoms with Crippen molar-refractivity contribution in [2.24, 2.45) is 0 Å². The molecular formula is C20H34N6O2. The van der Waals surface area contributed by atoms with E-state index in [1.807, 2.05) is 16.5 Å². The summed E-state index contributed by atoms with van der Waals surface area (Å²) in [5.74, 6) is 0.0505. The van der Waals surface area contributed by atoms with Crippen LogP contribution in [-0.4, -0.2) is 88.2 Å². The minimum atomic E-state index is 0.0505. The number of aromatic nitrogens is 3. The number of rotatable bonds is 4. The smallest absolute Gasteiger partial charge is 0.276 e. The van der Waals surface area contributed by atoms with Gasteiger partial charge in [0.05, 0.1) is 23.9 Å². The van der Waals surface area contributed by atoms with Gasteiger partial charge in [-0.15, -0.1) is 5.10 Å². The summed E-state index contributed by atoms with van der Waals surface area (Å²) in [5, 5.41) is 12.0. The van der Waals surface area contributed by atoms with Gasteiger partial charge in [-0.2, -0.15) is 0 Å². The van der Waals surface area contributed by atoms with E-state index in [0.717, 1.165) is 70.6 Å². The highest BCUT2D eigenvalue weighted by atomic mass is 16.5. The summed E-state index contributed by atoms with van der Waals surface area (Å²) < 4.78 is 7.83. The maximum absolute atomic E-state index is 13.3. The summed E-state index contributed by atoms with van der Waals surface area (Å²) in [4.78, 5) is 17.8. The Hall–Kier alpha value is -1.51. The number of nitrogens with one attached hydrogen (secondary N) is 1. The molecule has 4 rings (SSSR count). The summed E-state index contributed by atoms with van der Waals surface area (Å²) in [7, 11) is 0. The fourth-order valence-electron chi connectivity index (χ4n) is 5.10. The molecule has 8 heteroatoms. The Kier molecular flexibility index (Phi) is 5.99. The molecule has 0 bridgehead atoms. The van der Waals surface area contributed by atoms with Crippen LogP contribution in [0.1, 0.15) is 61.8 Å². The number of morpholine rings is 1. The normalized spacial score (nSPS) is 30.1. The highest BCUT2D eigenvalue weighted by Gasteiger charge is 2.35. The molecule has 3 fully saturated rings. The second kappa shape index (κ2) is 8.47. The second-order valence-corrected chi connectivity index (χ2v) is 8.72. The number of likely N-dealkylation sites (tertiary alicyclic amines) is 1. The van der Waals surface area contributed by atoms with Crippen LogP contribution >= 0.6 is 0 Å². The van der Waals surface area contributed by atoms with Crippen LogP contribution < -0.4 is 5.32 Å². The van der Waals surface area contributed by atoms with E-state index in [-0.39, 0.29) is 24.2 Å². The van der Waals surface area contributed by atoms with Gasteiger partial charge in [-0.3, -0.25) is 9.69 Å². The molecule has 0 spiro atoms. The van der Waals surface area contributed by atoms with Crippen molar-refractivity contribution in [3.05, 3.63) is 11.4 Å². The first-order valence-electron chi connectivity index (χ1n) is 10.8. The quantitative estimate of drug-likeness (QED) is 0.833. The zero-order chi connectivity index (χ0) is 19.7. The number of ether oxygens (including phenoxy) is 1. The molecule has 156 valence electrons. The average Bonchev–Trinajstić information content (AvgIpc) is 3.28. The molecule has 28 heavy (non-hydrogen) atoms. The van der Waals surface area contributed by atoms with E-state index in [0.29, 0.717) is 11.7 Å². The van der Waals surface area contributed by atoms with E-state index < -0.39 is 0 Å². The summed E-state index contributed by atoms with van der Waals surface area (Å²) >= 11 is 0. The Morgan fingerprint density at radius 3 is 2.61 bits per heavy atom. The molecule has 3 aliphatic heterocycles. The van der Waals surface area contributed by atoms with Crippen LogP contribution in [0.3, 0.4) is 0 Å². The van der Waals surface area contributed by atoms with Gasteiger partial charge in [0, 0.05) is 32.2 Å². The van der Waals surface area contributed by atoms with Crippen molar-refractivity contribution in [3.63, 3.8) is 0 Å². The lowest BCUT2D eigenvalue weighted by Crippen LogP contribution is -2.51. The third-order valence-electron chi connectivity index (χ3n) is 6.39. The molecule has 1 aromatic heterocycles. The van der Waals surface area contributed by atoms with E-state index in [1.54, 1.807) is 0 Å². The molecule has 0 radical (unpaired) electrons.